The Morgan fingerprint density at radius 1 is 1.35 bits per heavy atom. The lowest BCUT2D eigenvalue weighted by Crippen LogP contribution is -2.42. The Morgan fingerprint density at radius 2 is 2.06 bits per heavy atom. The van der Waals surface area contributed by atoms with Crippen molar-refractivity contribution in [2.75, 3.05) is 27.2 Å². The highest BCUT2D eigenvalue weighted by atomic mass is 19.1. The highest BCUT2D eigenvalue weighted by molar-refractivity contribution is 5.65. The van der Waals surface area contributed by atoms with Crippen molar-refractivity contribution < 1.29 is 9.13 Å². The van der Waals surface area contributed by atoms with E-state index >= 15 is 4.39 Å². The van der Waals surface area contributed by atoms with Gasteiger partial charge in [0.05, 0.1) is 0 Å². The van der Waals surface area contributed by atoms with E-state index < -0.39 is 0 Å². The smallest absolute Gasteiger partial charge is 0.168 e. The number of rotatable bonds is 10. The first-order valence-electron chi connectivity index (χ1n) is 10.5. The standard InChI is InChI=1S/C23H37FN6O/c1-16(2)19-8-6-7-18(10-12-28-20(27)14-26)22(24)23(19)31-15-21(30(4)5)29-11-9-17(3)13-25/h7-8,12,14,16-17,21,29H,6,10,13,15,25-27H2,1-5H3/b20-14-,28-12?/t17-,21?/m1/s1. The fourth-order valence-electron chi connectivity index (χ4n) is 2.68. The van der Waals surface area contributed by atoms with E-state index in [9.17, 15) is 0 Å². The number of likely N-dealkylation sites (N-methyl/N-ethyl adjacent to an activating group) is 1. The lowest BCUT2D eigenvalue weighted by Gasteiger charge is -2.26. The van der Waals surface area contributed by atoms with Gasteiger partial charge in [0.1, 0.15) is 18.6 Å². The van der Waals surface area contributed by atoms with Gasteiger partial charge in [-0.25, -0.2) is 9.38 Å². The molecule has 7 N–H and O–H groups in total. The number of halogens is 1. The van der Waals surface area contributed by atoms with Gasteiger partial charge >= 0.3 is 0 Å². The third-order valence-corrected chi connectivity index (χ3v) is 4.71. The molecule has 7 nitrogen and oxygen atoms in total. The van der Waals surface area contributed by atoms with E-state index in [2.05, 4.69) is 22.3 Å². The zero-order chi connectivity index (χ0) is 23.4. The number of nitrogens with one attached hydrogen (secondary N) is 1. The van der Waals surface area contributed by atoms with Crippen molar-refractivity contribution in [2.45, 2.75) is 39.8 Å². The molecule has 0 aliphatic heterocycles. The Labute approximate surface area is 186 Å². The van der Waals surface area contributed by atoms with Crippen molar-refractivity contribution in [1.82, 2.24) is 10.2 Å². The molecule has 0 aromatic heterocycles. The summed E-state index contributed by atoms with van der Waals surface area (Å²) in [4.78, 5) is 5.93. The van der Waals surface area contributed by atoms with Gasteiger partial charge in [-0.3, -0.25) is 4.90 Å². The quantitative estimate of drug-likeness (QED) is 0.182. The van der Waals surface area contributed by atoms with Crippen LogP contribution < -0.4 is 22.5 Å². The SMILES string of the molecule is CC(C)C1=CCC=C(CC=N/C(N)=C\N)C(F)=C1OCC(NC#C[C@@H](C)CN)N(C)C. The van der Waals surface area contributed by atoms with Crippen LogP contribution in [0, 0.1) is 23.8 Å². The van der Waals surface area contributed by atoms with Gasteiger partial charge in [0.2, 0.25) is 0 Å². The van der Waals surface area contributed by atoms with Crippen molar-refractivity contribution in [3.8, 4) is 12.0 Å². The van der Waals surface area contributed by atoms with Crippen LogP contribution in [-0.2, 0) is 4.74 Å². The van der Waals surface area contributed by atoms with Gasteiger partial charge in [-0.15, -0.1) is 0 Å². The van der Waals surface area contributed by atoms with Crippen LogP contribution in [-0.4, -0.2) is 44.5 Å². The second-order valence-electron chi connectivity index (χ2n) is 7.87. The summed E-state index contributed by atoms with van der Waals surface area (Å²) >= 11 is 0. The second kappa shape index (κ2) is 13.5. The molecule has 0 aromatic carbocycles. The zero-order valence-electron chi connectivity index (χ0n) is 19.3. The summed E-state index contributed by atoms with van der Waals surface area (Å²) in [5.74, 6) is 3.28. The molecule has 1 unspecified atom stereocenters. The Balaban J connectivity index is 3.06. The number of hydrogen-bond acceptors (Lipinski definition) is 7. The first-order chi connectivity index (χ1) is 14.7. The van der Waals surface area contributed by atoms with Gasteiger partial charge in [-0.1, -0.05) is 38.8 Å². The van der Waals surface area contributed by atoms with Crippen LogP contribution in [0.4, 0.5) is 4.39 Å². The van der Waals surface area contributed by atoms with Crippen LogP contribution in [0.2, 0.25) is 0 Å². The molecular formula is C23H37FN6O. The third kappa shape index (κ3) is 8.87. The highest BCUT2D eigenvalue weighted by Crippen LogP contribution is 2.32. The van der Waals surface area contributed by atoms with E-state index in [1.807, 2.05) is 51.9 Å². The summed E-state index contributed by atoms with van der Waals surface area (Å²) in [6.07, 6.45) is 7.24. The Hall–Kier alpha value is -2.76. The molecule has 172 valence electrons. The fraction of sp³-hybridized carbons (Fsp3) is 0.522. The van der Waals surface area contributed by atoms with Crippen molar-refractivity contribution in [1.29, 1.82) is 0 Å². The molecule has 1 aliphatic rings. The minimum Gasteiger partial charge on any atom is -0.487 e. The van der Waals surface area contributed by atoms with Crippen molar-refractivity contribution in [2.24, 2.45) is 34.0 Å². The van der Waals surface area contributed by atoms with Gasteiger partial charge in [0, 0.05) is 37.3 Å². The van der Waals surface area contributed by atoms with Crippen LogP contribution in [0.25, 0.3) is 0 Å². The maximum Gasteiger partial charge on any atom is 0.168 e. The summed E-state index contributed by atoms with van der Waals surface area (Å²) < 4.78 is 21.5. The molecule has 8 heteroatoms. The Kier molecular flexibility index (Phi) is 11.5. The minimum absolute atomic E-state index is 0.0891. The van der Waals surface area contributed by atoms with E-state index in [0.717, 1.165) is 5.57 Å². The average molecular weight is 433 g/mol. The van der Waals surface area contributed by atoms with Crippen molar-refractivity contribution >= 4 is 6.21 Å². The topological polar surface area (TPSA) is 115 Å². The largest absolute Gasteiger partial charge is 0.487 e. The first kappa shape index (κ1) is 26.3. The lowest BCUT2D eigenvalue weighted by molar-refractivity contribution is 0.118. The van der Waals surface area contributed by atoms with Crippen molar-refractivity contribution in [3.05, 3.63) is 46.9 Å². The molecule has 0 amide bonds. The van der Waals surface area contributed by atoms with E-state index in [1.165, 1.54) is 6.20 Å². The molecular weight excluding hydrogens is 395 g/mol. The van der Waals surface area contributed by atoms with Crippen LogP contribution >= 0.6 is 0 Å². The maximum absolute atomic E-state index is 15.5. The van der Waals surface area contributed by atoms with Crippen LogP contribution in [0.5, 0.6) is 0 Å². The number of nitrogens with zero attached hydrogens (tertiary/aromatic N) is 2. The van der Waals surface area contributed by atoms with Crippen LogP contribution in [0.3, 0.4) is 0 Å². The van der Waals surface area contributed by atoms with Crippen LogP contribution in [0.15, 0.2) is 51.9 Å². The summed E-state index contributed by atoms with van der Waals surface area (Å²) in [5, 5.41) is 3.11. The van der Waals surface area contributed by atoms with E-state index in [4.69, 9.17) is 21.9 Å². The second-order valence-corrected chi connectivity index (χ2v) is 7.87. The van der Waals surface area contributed by atoms with Gasteiger partial charge in [0.15, 0.2) is 11.6 Å². The summed E-state index contributed by atoms with van der Waals surface area (Å²) in [6, 6.07) is 2.93. The normalized spacial score (nSPS) is 17.1. The summed E-state index contributed by atoms with van der Waals surface area (Å²) in [5.41, 5.74) is 17.8. The lowest BCUT2D eigenvalue weighted by atomic mass is 9.99. The highest BCUT2D eigenvalue weighted by Gasteiger charge is 2.23. The minimum atomic E-state index is -0.389. The molecule has 1 aliphatic carbocycles. The molecule has 0 radical (unpaired) electrons. The number of nitrogens with two attached hydrogens (primary N) is 3. The van der Waals surface area contributed by atoms with Gasteiger partial charge < -0.3 is 27.3 Å². The predicted octanol–water partition coefficient (Wildman–Crippen LogP) is 2.31. The molecule has 0 aromatic rings. The van der Waals surface area contributed by atoms with Crippen LogP contribution in [0.1, 0.15) is 33.6 Å². The van der Waals surface area contributed by atoms with E-state index in [-0.39, 0.29) is 48.4 Å². The fourth-order valence-corrected chi connectivity index (χ4v) is 2.68. The molecule has 0 fully saturated rings. The number of allylic oxidation sites excluding steroid dienone is 5. The molecule has 31 heavy (non-hydrogen) atoms. The summed E-state index contributed by atoms with van der Waals surface area (Å²) in [7, 11) is 3.81. The van der Waals surface area contributed by atoms with E-state index in [0.29, 0.717) is 18.5 Å². The third-order valence-electron chi connectivity index (χ3n) is 4.71. The number of aliphatic imine (C=N–C) groups is 1. The summed E-state index contributed by atoms with van der Waals surface area (Å²) in [6.45, 7) is 6.70. The Bertz CT molecular complexity index is 799. The van der Waals surface area contributed by atoms with Gasteiger partial charge in [-0.05, 0) is 37.6 Å². The van der Waals surface area contributed by atoms with Gasteiger partial charge in [0.25, 0.3) is 0 Å². The monoisotopic (exact) mass is 432 g/mol. The molecule has 0 spiro atoms. The molecule has 0 saturated heterocycles. The van der Waals surface area contributed by atoms with Gasteiger partial charge in [-0.2, -0.15) is 0 Å². The molecule has 0 heterocycles. The van der Waals surface area contributed by atoms with E-state index in [1.54, 1.807) is 6.21 Å². The average Bonchev–Trinajstić information content (AvgIpc) is 2.89. The predicted molar refractivity (Wildman–Crippen MR) is 126 cm³/mol. The first-order valence-corrected chi connectivity index (χ1v) is 10.5. The zero-order valence-corrected chi connectivity index (χ0v) is 19.3. The molecule has 1 rings (SSSR count). The number of ether oxygens (including phenoxy) is 1. The maximum atomic E-state index is 15.5. The molecule has 2 atom stereocenters. The molecule has 0 bridgehead atoms. The number of hydrogen-bond donors (Lipinski definition) is 4. The Morgan fingerprint density at radius 3 is 2.65 bits per heavy atom. The molecule has 0 saturated carbocycles. The van der Waals surface area contributed by atoms with Crippen molar-refractivity contribution in [3.63, 3.8) is 0 Å².